The number of hydrogen-bond donors (Lipinski definition) is 1. The highest BCUT2D eigenvalue weighted by Gasteiger charge is 2.33. The summed E-state index contributed by atoms with van der Waals surface area (Å²) < 4.78 is 7.02. The highest BCUT2D eigenvalue weighted by molar-refractivity contribution is 5.82. The number of rotatable bonds is 5. The van der Waals surface area contributed by atoms with E-state index < -0.39 is 0 Å². The fourth-order valence-electron chi connectivity index (χ4n) is 2.19. The fraction of sp³-hybridized carbons (Fsp3) is 0.333. The molecule has 3 rings (SSSR count). The van der Waals surface area contributed by atoms with Crippen LogP contribution in [0.5, 0.6) is 0 Å². The number of carbonyl (C=O) groups is 1. The van der Waals surface area contributed by atoms with Crippen LogP contribution in [0, 0.1) is 0 Å². The zero-order valence-electron chi connectivity index (χ0n) is 11.5. The Kier molecular flexibility index (Phi) is 3.52. The number of hydrogen-bond acceptors (Lipinski definition) is 2. The summed E-state index contributed by atoms with van der Waals surface area (Å²) in [7, 11) is 1.80. The van der Waals surface area contributed by atoms with E-state index in [0.29, 0.717) is 13.2 Å². The topological polar surface area (TPSA) is 52.5 Å². The number of aromatic nitrogens is 2. The van der Waals surface area contributed by atoms with Gasteiger partial charge in [0, 0.05) is 12.6 Å². The molecule has 20 heavy (non-hydrogen) atoms. The van der Waals surface area contributed by atoms with E-state index in [1.54, 1.807) is 11.9 Å². The molecule has 0 spiro atoms. The molecule has 1 aliphatic heterocycles. The summed E-state index contributed by atoms with van der Waals surface area (Å²) in [6, 6.07) is 10.2. The third kappa shape index (κ3) is 3.05. The Morgan fingerprint density at radius 1 is 1.40 bits per heavy atom. The molecule has 1 unspecified atom stereocenters. The molecule has 5 nitrogen and oxygen atoms in total. The molecule has 1 fully saturated rings. The normalized spacial score (nSPS) is 16.9. The average Bonchev–Trinajstić information content (AvgIpc) is 3.22. The Bertz CT molecular complexity index is 590. The minimum Gasteiger partial charge on any atom is -0.363 e. The van der Waals surface area contributed by atoms with Crippen molar-refractivity contribution in [2.75, 3.05) is 13.7 Å². The Labute approximate surface area is 117 Å². The molecule has 1 atom stereocenters. The minimum atomic E-state index is -0.213. The maximum atomic E-state index is 11.8. The van der Waals surface area contributed by atoms with E-state index in [0.717, 1.165) is 12.1 Å². The van der Waals surface area contributed by atoms with Gasteiger partial charge in [0.2, 0.25) is 6.20 Å². The summed E-state index contributed by atoms with van der Waals surface area (Å²) in [5.74, 6) is 0.0563. The number of likely N-dealkylation sites (N-methyl/N-ethyl adjacent to an activating group) is 1. The predicted octanol–water partition coefficient (Wildman–Crippen LogP) is 0.708. The summed E-state index contributed by atoms with van der Waals surface area (Å²) >= 11 is 0. The van der Waals surface area contributed by atoms with Crippen molar-refractivity contribution in [2.24, 2.45) is 0 Å². The number of aromatic amines is 1. The Morgan fingerprint density at radius 3 is 2.85 bits per heavy atom. The molecule has 1 N–H and O–H groups in total. The molecule has 104 valence electrons. The van der Waals surface area contributed by atoms with Crippen molar-refractivity contribution >= 4 is 5.91 Å². The van der Waals surface area contributed by atoms with Crippen LogP contribution >= 0.6 is 0 Å². The average molecular weight is 272 g/mol. The second kappa shape index (κ2) is 5.46. The first-order valence-corrected chi connectivity index (χ1v) is 6.69. The lowest BCUT2D eigenvalue weighted by Gasteiger charge is -2.13. The summed E-state index contributed by atoms with van der Waals surface area (Å²) in [6.07, 6.45) is 3.75. The van der Waals surface area contributed by atoms with Crippen LogP contribution < -0.4 is 4.68 Å². The van der Waals surface area contributed by atoms with Crippen LogP contribution in [-0.4, -0.2) is 35.7 Å². The van der Waals surface area contributed by atoms with Gasteiger partial charge in [-0.2, -0.15) is 5.10 Å². The molecule has 0 bridgehead atoms. The van der Waals surface area contributed by atoms with Gasteiger partial charge >= 0.3 is 0 Å². The molecule has 5 heteroatoms. The van der Waals surface area contributed by atoms with Gasteiger partial charge in [-0.25, -0.2) is 0 Å². The number of epoxide rings is 1. The molecule has 1 amide bonds. The van der Waals surface area contributed by atoms with Crippen LogP contribution in [0.4, 0.5) is 0 Å². The van der Waals surface area contributed by atoms with Gasteiger partial charge < -0.3 is 9.64 Å². The lowest BCUT2D eigenvalue weighted by Crippen LogP contribution is -2.35. The van der Waals surface area contributed by atoms with Crippen LogP contribution in [-0.2, 0) is 22.6 Å². The van der Waals surface area contributed by atoms with Gasteiger partial charge in [-0.1, -0.05) is 30.3 Å². The maximum absolute atomic E-state index is 11.8. The fourth-order valence-corrected chi connectivity index (χ4v) is 2.19. The van der Waals surface area contributed by atoms with Gasteiger partial charge in [0.25, 0.3) is 5.91 Å². The van der Waals surface area contributed by atoms with Gasteiger partial charge in [0.1, 0.15) is 0 Å². The molecule has 1 aliphatic rings. The van der Waals surface area contributed by atoms with Crippen LogP contribution in [0.25, 0.3) is 0 Å². The maximum Gasteiger partial charge on any atom is 0.254 e. The lowest BCUT2D eigenvalue weighted by atomic mass is 10.2. The third-order valence-electron chi connectivity index (χ3n) is 3.34. The zero-order valence-corrected chi connectivity index (χ0v) is 11.5. The van der Waals surface area contributed by atoms with Crippen molar-refractivity contribution in [1.29, 1.82) is 0 Å². The van der Waals surface area contributed by atoms with Gasteiger partial charge in [-0.05, 0) is 0 Å². The zero-order chi connectivity index (χ0) is 13.9. The molecule has 2 aromatic rings. The smallest absolute Gasteiger partial charge is 0.254 e. The van der Waals surface area contributed by atoms with E-state index >= 15 is 0 Å². The first-order valence-electron chi connectivity index (χ1n) is 6.69. The molecule has 0 saturated carbocycles. The first kappa shape index (κ1) is 12.9. The van der Waals surface area contributed by atoms with Crippen molar-refractivity contribution in [2.45, 2.75) is 19.2 Å². The van der Waals surface area contributed by atoms with Crippen molar-refractivity contribution in [3.63, 3.8) is 0 Å². The molecular weight excluding hydrogens is 254 g/mol. The molecule has 2 heterocycles. The summed E-state index contributed by atoms with van der Waals surface area (Å²) in [5, 5.41) is 3.19. The van der Waals surface area contributed by atoms with Gasteiger partial charge in [-0.3, -0.25) is 4.79 Å². The summed E-state index contributed by atoms with van der Waals surface area (Å²) in [6.45, 7) is 1.95. The minimum absolute atomic E-state index is 0.0563. The second-order valence-corrected chi connectivity index (χ2v) is 5.11. The third-order valence-corrected chi connectivity index (χ3v) is 3.34. The number of amides is 1. The van der Waals surface area contributed by atoms with Crippen molar-refractivity contribution < 1.29 is 14.2 Å². The van der Waals surface area contributed by atoms with Crippen LogP contribution in [0.2, 0.25) is 0 Å². The molecule has 1 aromatic heterocycles. The van der Waals surface area contributed by atoms with E-state index in [2.05, 4.69) is 17.2 Å². The standard InChI is InChI=1S/C15H17N3O2/c1-17(15(19)14-11-20-14)8-13-7-16-18(10-13)9-12-5-3-2-4-6-12/h2-7,10,14H,8-9,11H2,1H3/p+1. The van der Waals surface area contributed by atoms with Crippen molar-refractivity contribution in [3.8, 4) is 0 Å². The van der Waals surface area contributed by atoms with E-state index in [9.17, 15) is 4.79 Å². The number of ether oxygens (including phenoxy) is 1. The van der Waals surface area contributed by atoms with Crippen LogP contribution in [0.1, 0.15) is 11.1 Å². The molecular formula is C15H18N3O2+. The number of H-pyrrole nitrogens is 1. The number of nitrogens with one attached hydrogen (secondary N) is 1. The second-order valence-electron chi connectivity index (χ2n) is 5.11. The SMILES string of the molecule is CN(Cc1c[nH][n+](Cc2ccccc2)c1)C(=O)C1CO1. The highest BCUT2D eigenvalue weighted by Crippen LogP contribution is 2.13. The van der Waals surface area contributed by atoms with E-state index in [-0.39, 0.29) is 12.0 Å². The first-order chi connectivity index (χ1) is 9.72. The number of benzene rings is 1. The number of nitrogens with zero attached hydrogens (tertiary/aromatic N) is 2. The van der Waals surface area contributed by atoms with Crippen molar-refractivity contribution in [3.05, 3.63) is 53.9 Å². The van der Waals surface area contributed by atoms with Crippen molar-refractivity contribution in [1.82, 2.24) is 10.00 Å². The largest absolute Gasteiger partial charge is 0.363 e. The number of carbonyl (C=O) groups excluding carboxylic acids is 1. The monoisotopic (exact) mass is 272 g/mol. The Balaban J connectivity index is 1.60. The molecule has 0 radical (unpaired) electrons. The Morgan fingerprint density at radius 2 is 2.15 bits per heavy atom. The predicted molar refractivity (Wildman–Crippen MR) is 72.7 cm³/mol. The summed E-state index contributed by atoms with van der Waals surface area (Å²) in [4.78, 5) is 13.5. The van der Waals surface area contributed by atoms with Crippen LogP contribution in [0.3, 0.4) is 0 Å². The quantitative estimate of drug-likeness (QED) is 0.644. The lowest BCUT2D eigenvalue weighted by molar-refractivity contribution is -0.742. The van der Waals surface area contributed by atoms with E-state index in [1.165, 1.54) is 5.56 Å². The highest BCUT2D eigenvalue weighted by atomic mass is 16.6. The van der Waals surface area contributed by atoms with Gasteiger partial charge in [0.05, 0.1) is 24.9 Å². The molecule has 0 aliphatic carbocycles. The van der Waals surface area contributed by atoms with Gasteiger partial charge in [-0.15, -0.1) is 4.68 Å². The summed E-state index contributed by atoms with van der Waals surface area (Å²) in [5.41, 5.74) is 2.32. The molecule has 1 aromatic carbocycles. The van der Waals surface area contributed by atoms with E-state index in [4.69, 9.17) is 4.74 Å². The van der Waals surface area contributed by atoms with Crippen LogP contribution in [0.15, 0.2) is 42.7 Å². The molecule has 1 saturated heterocycles. The van der Waals surface area contributed by atoms with Gasteiger partial charge in [0.15, 0.2) is 12.6 Å². The van der Waals surface area contributed by atoms with E-state index in [1.807, 2.05) is 35.3 Å². The Hall–Kier alpha value is -2.14.